The lowest BCUT2D eigenvalue weighted by molar-refractivity contribution is 0.0531. The minimum atomic E-state index is -0.447. The molecule has 2 rings (SSSR count). The van der Waals surface area contributed by atoms with Gasteiger partial charge < -0.3 is 15.5 Å². The fourth-order valence-electron chi connectivity index (χ4n) is 1.79. The second-order valence-electron chi connectivity index (χ2n) is 4.12. The monoisotopic (exact) mass is 326 g/mol. The van der Waals surface area contributed by atoms with E-state index in [0.717, 1.165) is 23.1 Å². The third-order valence-electron chi connectivity index (χ3n) is 2.67. The molecule has 0 aliphatic heterocycles. The largest absolute Gasteiger partial charge is 0.462 e. The SMILES string of the molecule is CCOC(=O)c1sc2nc(CSC(=N)N)[nH]c(=O)c2c1C. The molecule has 0 spiro atoms. The van der Waals surface area contributed by atoms with Crippen LogP contribution in [0.2, 0.25) is 0 Å². The van der Waals surface area contributed by atoms with Crippen molar-refractivity contribution in [1.29, 1.82) is 5.41 Å². The number of carbonyl (C=O) groups excluding carboxylic acids is 1. The number of nitrogens with one attached hydrogen (secondary N) is 2. The zero-order valence-electron chi connectivity index (χ0n) is 11.5. The first-order chi connectivity index (χ1) is 9.93. The molecule has 0 unspecified atom stereocenters. The van der Waals surface area contributed by atoms with Gasteiger partial charge in [0, 0.05) is 0 Å². The molecule has 112 valence electrons. The van der Waals surface area contributed by atoms with Gasteiger partial charge in [-0.3, -0.25) is 10.2 Å². The van der Waals surface area contributed by atoms with E-state index in [-0.39, 0.29) is 17.3 Å². The van der Waals surface area contributed by atoms with Gasteiger partial charge in [0.2, 0.25) is 0 Å². The Labute approximate surface area is 128 Å². The Kier molecular flexibility index (Phi) is 4.63. The molecule has 0 fully saturated rings. The van der Waals surface area contributed by atoms with Gasteiger partial charge in [-0.15, -0.1) is 11.3 Å². The van der Waals surface area contributed by atoms with Crippen molar-refractivity contribution in [1.82, 2.24) is 9.97 Å². The molecule has 2 heterocycles. The number of thioether (sulfide) groups is 1. The van der Waals surface area contributed by atoms with Crippen LogP contribution in [0, 0.1) is 12.3 Å². The molecule has 0 aliphatic rings. The van der Waals surface area contributed by atoms with Crippen molar-refractivity contribution in [3.8, 4) is 0 Å². The number of nitrogens with two attached hydrogens (primary N) is 1. The summed E-state index contributed by atoms with van der Waals surface area (Å²) in [5.41, 5.74) is 5.53. The Morgan fingerprint density at radius 2 is 2.29 bits per heavy atom. The quantitative estimate of drug-likeness (QED) is 0.445. The van der Waals surface area contributed by atoms with E-state index < -0.39 is 5.97 Å². The van der Waals surface area contributed by atoms with Crippen molar-refractivity contribution >= 4 is 44.5 Å². The molecule has 0 aromatic carbocycles. The van der Waals surface area contributed by atoms with E-state index in [0.29, 0.717) is 32.2 Å². The van der Waals surface area contributed by atoms with E-state index in [1.54, 1.807) is 13.8 Å². The number of hydrogen-bond acceptors (Lipinski definition) is 7. The average molecular weight is 326 g/mol. The number of esters is 1. The van der Waals surface area contributed by atoms with Gasteiger partial charge in [-0.1, -0.05) is 11.8 Å². The Morgan fingerprint density at radius 3 is 2.90 bits per heavy atom. The number of aromatic nitrogens is 2. The summed E-state index contributed by atoms with van der Waals surface area (Å²) >= 11 is 2.20. The van der Waals surface area contributed by atoms with Crippen LogP contribution < -0.4 is 11.3 Å². The highest BCUT2D eigenvalue weighted by molar-refractivity contribution is 8.13. The first-order valence-corrected chi connectivity index (χ1v) is 7.90. The third kappa shape index (κ3) is 3.24. The molecule has 21 heavy (non-hydrogen) atoms. The Hall–Kier alpha value is -1.87. The standard InChI is InChI=1S/C12H14N4O3S2/c1-3-19-11(18)8-5(2)7-9(17)15-6(4-20-12(13)14)16-10(7)21-8/h3-4H2,1-2H3,(H3,13,14)(H,15,16,17). The summed E-state index contributed by atoms with van der Waals surface area (Å²) in [6.45, 7) is 3.70. The summed E-state index contributed by atoms with van der Waals surface area (Å²) in [4.78, 5) is 31.8. The predicted octanol–water partition coefficient (Wildman–Crippen LogP) is 1.60. The summed E-state index contributed by atoms with van der Waals surface area (Å²) in [7, 11) is 0. The molecule has 7 nitrogen and oxygen atoms in total. The second kappa shape index (κ2) is 6.27. The van der Waals surface area contributed by atoms with Gasteiger partial charge in [-0.05, 0) is 19.4 Å². The zero-order chi connectivity index (χ0) is 15.6. The number of carbonyl (C=O) groups is 1. The highest BCUT2D eigenvalue weighted by Crippen LogP contribution is 2.27. The average Bonchev–Trinajstić information content (AvgIpc) is 2.74. The summed E-state index contributed by atoms with van der Waals surface area (Å²) < 4.78 is 4.97. The maximum atomic E-state index is 12.1. The number of rotatable bonds is 4. The molecule has 4 N–H and O–H groups in total. The Bertz CT molecular complexity index is 766. The number of nitrogens with zero attached hydrogens (tertiary/aromatic N) is 1. The molecule has 0 radical (unpaired) electrons. The molecule has 0 aliphatic carbocycles. The van der Waals surface area contributed by atoms with Gasteiger partial charge in [-0.25, -0.2) is 9.78 Å². The van der Waals surface area contributed by atoms with Crippen LogP contribution in [0.4, 0.5) is 0 Å². The van der Waals surface area contributed by atoms with Crippen LogP contribution in [0.25, 0.3) is 10.2 Å². The first-order valence-electron chi connectivity index (χ1n) is 6.10. The number of ether oxygens (including phenoxy) is 1. The minimum Gasteiger partial charge on any atom is -0.462 e. The van der Waals surface area contributed by atoms with Crippen LogP contribution >= 0.6 is 23.1 Å². The van der Waals surface area contributed by atoms with E-state index in [4.69, 9.17) is 15.9 Å². The van der Waals surface area contributed by atoms with Gasteiger partial charge in [0.25, 0.3) is 5.56 Å². The number of amidine groups is 1. The lowest BCUT2D eigenvalue weighted by atomic mass is 10.2. The smallest absolute Gasteiger partial charge is 0.348 e. The molecule has 2 aromatic rings. The number of hydrogen-bond donors (Lipinski definition) is 3. The molecule has 0 bridgehead atoms. The summed E-state index contributed by atoms with van der Waals surface area (Å²) in [6.07, 6.45) is 0. The van der Waals surface area contributed by atoms with E-state index >= 15 is 0 Å². The van der Waals surface area contributed by atoms with Crippen LogP contribution in [-0.2, 0) is 10.5 Å². The molecule has 0 amide bonds. The number of fused-ring (bicyclic) bond motifs is 1. The molecule has 0 saturated carbocycles. The van der Waals surface area contributed by atoms with Crippen LogP contribution in [0.3, 0.4) is 0 Å². The molecule has 2 aromatic heterocycles. The molecule has 9 heteroatoms. The van der Waals surface area contributed by atoms with E-state index in [2.05, 4.69) is 9.97 Å². The van der Waals surface area contributed by atoms with Crippen molar-refractivity contribution in [3.05, 3.63) is 26.6 Å². The molecular formula is C12H14N4O3S2. The van der Waals surface area contributed by atoms with Crippen molar-refractivity contribution in [2.24, 2.45) is 5.73 Å². The van der Waals surface area contributed by atoms with E-state index in [1.807, 2.05) is 0 Å². The fourth-order valence-corrected chi connectivity index (χ4v) is 3.32. The molecular weight excluding hydrogens is 312 g/mol. The lowest BCUT2D eigenvalue weighted by Gasteiger charge is -2.00. The fraction of sp³-hybridized carbons (Fsp3) is 0.333. The number of thiophene rings is 1. The Morgan fingerprint density at radius 1 is 1.57 bits per heavy atom. The summed E-state index contributed by atoms with van der Waals surface area (Å²) in [5.74, 6) is 0.271. The number of H-pyrrole nitrogens is 1. The second-order valence-corrected chi connectivity index (χ2v) is 6.14. The van der Waals surface area contributed by atoms with Crippen molar-refractivity contribution < 1.29 is 9.53 Å². The maximum Gasteiger partial charge on any atom is 0.348 e. The topological polar surface area (TPSA) is 122 Å². The predicted molar refractivity (Wildman–Crippen MR) is 84.1 cm³/mol. The van der Waals surface area contributed by atoms with Crippen LogP contribution in [-0.4, -0.2) is 27.7 Å². The zero-order valence-corrected chi connectivity index (χ0v) is 13.1. The van der Waals surface area contributed by atoms with Gasteiger partial charge in [0.15, 0.2) is 5.17 Å². The lowest BCUT2D eigenvalue weighted by Crippen LogP contribution is -2.12. The van der Waals surface area contributed by atoms with Crippen LogP contribution in [0.1, 0.15) is 28.0 Å². The van der Waals surface area contributed by atoms with E-state index in [9.17, 15) is 9.59 Å². The van der Waals surface area contributed by atoms with E-state index in [1.165, 1.54) is 0 Å². The van der Waals surface area contributed by atoms with Crippen LogP contribution in [0.15, 0.2) is 4.79 Å². The Balaban J connectivity index is 2.47. The van der Waals surface area contributed by atoms with Gasteiger partial charge in [0.05, 0.1) is 17.7 Å². The third-order valence-corrected chi connectivity index (χ3v) is 4.57. The number of aromatic amines is 1. The highest BCUT2D eigenvalue weighted by Gasteiger charge is 2.20. The van der Waals surface area contributed by atoms with Crippen molar-refractivity contribution in [2.45, 2.75) is 19.6 Å². The van der Waals surface area contributed by atoms with Gasteiger partial charge in [-0.2, -0.15) is 0 Å². The molecule has 0 saturated heterocycles. The normalized spacial score (nSPS) is 10.8. The van der Waals surface area contributed by atoms with Crippen molar-refractivity contribution in [2.75, 3.05) is 6.61 Å². The summed E-state index contributed by atoms with van der Waals surface area (Å²) in [6, 6.07) is 0. The maximum absolute atomic E-state index is 12.1. The molecule has 0 atom stereocenters. The first kappa shape index (κ1) is 15.5. The van der Waals surface area contributed by atoms with Gasteiger partial charge >= 0.3 is 5.97 Å². The highest BCUT2D eigenvalue weighted by atomic mass is 32.2. The minimum absolute atomic E-state index is 0.0488. The number of aryl methyl sites for hydroxylation is 1. The van der Waals surface area contributed by atoms with Crippen molar-refractivity contribution in [3.63, 3.8) is 0 Å². The van der Waals surface area contributed by atoms with Crippen LogP contribution in [0.5, 0.6) is 0 Å². The van der Waals surface area contributed by atoms with Gasteiger partial charge in [0.1, 0.15) is 15.5 Å². The summed E-state index contributed by atoms with van der Waals surface area (Å²) in [5, 5.41) is 7.52.